The molecule has 3 heterocycles. The summed E-state index contributed by atoms with van der Waals surface area (Å²) < 4.78 is 11.2. The molecule has 142 valence electrons. The Kier molecular flexibility index (Phi) is 4.16. The summed E-state index contributed by atoms with van der Waals surface area (Å²) in [5.74, 6) is -2.53. The van der Waals surface area contributed by atoms with E-state index in [1.54, 1.807) is 4.90 Å². The molecule has 3 aliphatic rings. The van der Waals surface area contributed by atoms with Crippen molar-refractivity contribution in [1.82, 2.24) is 9.80 Å². The number of amides is 3. The molecule has 27 heavy (non-hydrogen) atoms. The number of hydrogen-bond donors (Lipinski definition) is 0. The molecular weight excluding hydrogens is 358 g/mol. The van der Waals surface area contributed by atoms with Crippen molar-refractivity contribution in [2.24, 2.45) is 0 Å². The lowest BCUT2D eigenvalue weighted by Crippen LogP contribution is -2.50. The number of fused-ring (bicyclic) bond motifs is 1. The van der Waals surface area contributed by atoms with Crippen LogP contribution in [0.5, 0.6) is 0 Å². The van der Waals surface area contributed by atoms with Crippen molar-refractivity contribution in [2.75, 3.05) is 32.8 Å². The van der Waals surface area contributed by atoms with Crippen molar-refractivity contribution in [3.8, 4) is 0 Å². The predicted molar refractivity (Wildman–Crippen MR) is 88.9 cm³/mol. The molecule has 3 aliphatic heterocycles. The monoisotopic (exact) mass is 375 g/mol. The minimum atomic E-state index is -0.813. The summed E-state index contributed by atoms with van der Waals surface area (Å²) in [6, 6.07) is 3.87. The van der Waals surface area contributed by atoms with Gasteiger partial charge >= 0.3 is 0 Å². The minimum Gasteiger partial charge on any atom is -0.347 e. The molecule has 0 aromatic heterocycles. The van der Waals surface area contributed by atoms with Crippen LogP contribution in [0.15, 0.2) is 18.2 Å². The van der Waals surface area contributed by atoms with Crippen molar-refractivity contribution in [2.45, 2.75) is 18.6 Å². The number of nitro groups is 1. The van der Waals surface area contributed by atoms with E-state index in [9.17, 15) is 24.5 Å². The Morgan fingerprint density at radius 1 is 1.15 bits per heavy atom. The Morgan fingerprint density at radius 2 is 1.81 bits per heavy atom. The van der Waals surface area contributed by atoms with Gasteiger partial charge in [0.15, 0.2) is 5.79 Å². The van der Waals surface area contributed by atoms with Crippen LogP contribution in [0.25, 0.3) is 0 Å². The second-order valence-corrected chi connectivity index (χ2v) is 6.64. The summed E-state index contributed by atoms with van der Waals surface area (Å²) in [5.41, 5.74) is -0.741. The number of hydrogen-bond acceptors (Lipinski definition) is 7. The first-order valence-electron chi connectivity index (χ1n) is 8.61. The van der Waals surface area contributed by atoms with Crippen LogP contribution in [0.2, 0.25) is 0 Å². The Hall–Kier alpha value is -2.85. The molecule has 0 aliphatic carbocycles. The number of likely N-dealkylation sites (tertiary alicyclic amines) is 1. The highest BCUT2D eigenvalue weighted by Gasteiger charge is 2.44. The summed E-state index contributed by atoms with van der Waals surface area (Å²) in [6.07, 6.45) is 1.04. The maximum Gasteiger partial charge on any atom is 0.282 e. The van der Waals surface area contributed by atoms with E-state index < -0.39 is 34.8 Å². The van der Waals surface area contributed by atoms with E-state index in [1.807, 2.05) is 0 Å². The highest BCUT2D eigenvalue weighted by atomic mass is 16.7. The standard InChI is InChI=1S/C17H17N3O7/c21-13(18-6-4-17(5-7-18)26-8-9-27-17)10-19-15(22)11-2-1-3-12(20(24)25)14(11)16(19)23/h1-3H,4-10H2. The highest BCUT2D eigenvalue weighted by Crippen LogP contribution is 2.33. The van der Waals surface area contributed by atoms with Crippen LogP contribution >= 0.6 is 0 Å². The van der Waals surface area contributed by atoms with Gasteiger partial charge < -0.3 is 14.4 Å². The third kappa shape index (κ3) is 2.86. The predicted octanol–water partition coefficient (Wildman–Crippen LogP) is 0.556. The number of rotatable bonds is 3. The Balaban J connectivity index is 1.46. The molecule has 1 spiro atoms. The highest BCUT2D eigenvalue weighted by molar-refractivity contribution is 6.24. The van der Waals surface area contributed by atoms with Crippen LogP contribution in [0.1, 0.15) is 33.6 Å². The Bertz CT molecular complexity index is 837. The number of imide groups is 1. The molecule has 2 saturated heterocycles. The van der Waals surface area contributed by atoms with E-state index in [0.717, 1.165) is 4.90 Å². The summed E-state index contributed by atoms with van der Waals surface area (Å²) in [7, 11) is 0. The third-order valence-corrected chi connectivity index (χ3v) is 5.16. The number of ether oxygens (including phenoxy) is 2. The molecule has 0 atom stereocenters. The van der Waals surface area contributed by atoms with Gasteiger partial charge in [0.2, 0.25) is 5.91 Å². The van der Waals surface area contributed by atoms with E-state index >= 15 is 0 Å². The summed E-state index contributed by atoms with van der Waals surface area (Å²) in [6.45, 7) is 1.39. The van der Waals surface area contributed by atoms with Crippen LogP contribution in [0, 0.1) is 10.1 Å². The molecule has 10 nitrogen and oxygen atoms in total. The number of carbonyl (C=O) groups excluding carboxylic acids is 3. The van der Waals surface area contributed by atoms with Crippen molar-refractivity contribution < 1.29 is 28.8 Å². The van der Waals surface area contributed by atoms with Gasteiger partial charge in [0.1, 0.15) is 12.1 Å². The zero-order valence-corrected chi connectivity index (χ0v) is 14.4. The van der Waals surface area contributed by atoms with Gasteiger partial charge in [-0.25, -0.2) is 0 Å². The fraction of sp³-hybridized carbons (Fsp3) is 0.471. The number of benzene rings is 1. The molecule has 2 fully saturated rings. The second kappa shape index (κ2) is 6.39. The van der Waals surface area contributed by atoms with Gasteiger partial charge in [-0.3, -0.25) is 29.4 Å². The summed E-state index contributed by atoms with van der Waals surface area (Å²) >= 11 is 0. The van der Waals surface area contributed by atoms with Crippen molar-refractivity contribution in [3.63, 3.8) is 0 Å². The molecular formula is C17H17N3O7. The SMILES string of the molecule is O=C(CN1C(=O)c2cccc([N+](=O)[O-])c2C1=O)N1CCC2(CC1)OCCO2. The minimum absolute atomic E-state index is 0.0487. The first-order valence-corrected chi connectivity index (χ1v) is 8.61. The number of nitrogens with zero attached hydrogens (tertiary/aromatic N) is 3. The maximum absolute atomic E-state index is 12.6. The van der Waals surface area contributed by atoms with Gasteiger partial charge in [-0.2, -0.15) is 0 Å². The summed E-state index contributed by atoms with van der Waals surface area (Å²) in [5, 5.41) is 11.1. The number of nitro benzene ring substituents is 1. The molecule has 3 amide bonds. The zero-order valence-electron chi connectivity index (χ0n) is 14.4. The Morgan fingerprint density at radius 3 is 2.44 bits per heavy atom. The van der Waals surface area contributed by atoms with E-state index in [2.05, 4.69) is 0 Å². The molecule has 0 radical (unpaired) electrons. The van der Waals surface area contributed by atoms with Crippen LogP contribution in [-0.2, 0) is 14.3 Å². The smallest absolute Gasteiger partial charge is 0.282 e. The van der Waals surface area contributed by atoms with Gasteiger partial charge in [0, 0.05) is 32.0 Å². The van der Waals surface area contributed by atoms with Gasteiger partial charge in [-0.05, 0) is 6.07 Å². The first kappa shape index (κ1) is 17.6. The van der Waals surface area contributed by atoms with Crippen molar-refractivity contribution in [1.29, 1.82) is 0 Å². The Labute approximate surface area is 153 Å². The number of carbonyl (C=O) groups is 3. The molecule has 10 heteroatoms. The van der Waals surface area contributed by atoms with Crippen molar-refractivity contribution in [3.05, 3.63) is 39.4 Å². The van der Waals surface area contributed by atoms with Gasteiger partial charge in [0.05, 0.1) is 23.7 Å². The molecule has 0 bridgehead atoms. The third-order valence-electron chi connectivity index (χ3n) is 5.16. The maximum atomic E-state index is 12.6. The quantitative estimate of drug-likeness (QED) is 0.430. The first-order chi connectivity index (χ1) is 12.9. The molecule has 0 saturated carbocycles. The average molecular weight is 375 g/mol. The number of piperidine rings is 1. The van der Waals surface area contributed by atoms with Gasteiger partial charge in [-0.15, -0.1) is 0 Å². The van der Waals surface area contributed by atoms with Crippen LogP contribution in [0.4, 0.5) is 5.69 Å². The van der Waals surface area contributed by atoms with E-state index in [1.165, 1.54) is 18.2 Å². The van der Waals surface area contributed by atoms with E-state index in [4.69, 9.17) is 9.47 Å². The molecule has 1 aromatic carbocycles. The van der Waals surface area contributed by atoms with E-state index in [0.29, 0.717) is 39.1 Å². The lowest BCUT2D eigenvalue weighted by molar-refractivity contribution is -0.385. The molecule has 0 N–H and O–H groups in total. The van der Waals surface area contributed by atoms with Crippen molar-refractivity contribution >= 4 is 23.4 Å². The topological polar surface area (TPSA) is 119 Å². The fourth-order valence-electron chi connectivity index (χ4n) is 3.73. The molecule has 0 unspecified atom stereocenters. The molecule has 4 rings (SSSR count). The van der Waals surface area contributed by atoms with Gasteiger partial charge in [0.25, 0.3) is 17.5 Å². The largest absolute Gasteiger partial charge is 0.347 e. The normalized spacial score (nSPS) is 21.0. The lowest BCUT2D eigenvalue weighted by Gasteiger charge is -2.37. The van der Waals surface area contributed by atoms with Gasteiger partial charge in [-0.1, -0.05) is 6.07 Å². The fourth-order valence-corrected chi connectivity index (χ4v) is 3.73. The second-order valence-electron chi connectivity index (χ2n) is 6.64. The molecule has 1 aromatic rings. The summed E-state index contributed by atoms with van der Waals surface area (Å²) in [4.78, 5) is 50.4. The van der Waals surface area contributed by atoms with Crippen LogP contribution < -0.4 is 0 Å². The van der Waals surface area contributed by atoms with Crippen LogP contribution in [-0.4, -0.2) is 71.1 Å². The average Bonchev–Trinajstić information content (AvgIpc) is 3.21. The van der Waals surface area contributed by atoms with Crippen LogP contribution in [0.3, 0.4) is 0 Å². The zero-order chi connectivity index (χ0) is 19.2. The van der Waals surface area contributed by atoms with E-state index in [-0.39, 0.29) is 17.0 Å². The lowest BCUT2D eigenvalue weighted by atomic mass is 10.0.